The largest absolute Gasteiger partial charge is 0.349 e. The van der Waals surface area contributed by atoms with Crippen LogP contribution in [0.3, 0.4) is 0 Å². The Kier molecular flexibility index (Phi) is 6.92. The van der Waals surface area contributed by atoms with E-state index in [9.17, 15) is 13.2 Å². The summed E-state index contributed by atoms with van der Waals surface area (Å²) in [6.07, 6.45) is 3.03. The molecule has 1 saturated heterocycles. The standard InChI is InChI=1S/C22H29N3O3S/c1-3-14-25-15-12-19(13-16-25)23-22(26)18-8-10-20(11-9-18)29(27,28)24-21-7-5-4-6-17(21)2/h4-11,19,24H,3,12-16H2,1-2H3,(H,23,26). The molecular formula is C22H29N3O3S. The molecule has 0 spiro atoms. The molecule has 2 aromatic rings. The fourth-order valence-electron chi connectivity index (χ4n) is 3.56. The van der Waals surface area contributed by atoms with Gasteiger partial charge in [-0.1, -0.05) is 25.1 Å². The molecule has 2 aromatic carbocycles. The van der Waals surface area contributed by atoms with E-state index in [1.54, 1.807) is 24.3 Å². The summed E-state index contributed by atoms with van der Waals surface area (Å²) >= 11 is 0. The van der Waals surface area contributed by atoms with Crippen LogP contribution in [0.1, 0.15) is 42.1 Å². The molecule has 3 rings (SSSR count). The summed E-state index contributed by atoms with van der Waals surface area (Å²) in [7, 11) is -3.70. The summed E-state index contributed by atoms with van der Waals surface area (Å²) in [5, 5.41) is 3.07. The van der Waals surface area contributed by atoms with Crippen LogP contribution in [0.4, 0.5) is 5.69 Å². The lowest BCUT2D eigenvalue weighted by Gasteiger charge is -2.32. The Labute approximate surface area is 173 Å². The van der Waals surface area contributed by atoms with Gasteiger partial charge in [-0.3, -0.25) is 9.52 Å². The molecule has 0 radical (unpaired) electrons. The van der Waals surface area contributed by atoms with Crippen molar-refractivity contribution in [2.45, 2.75) is 44.0 Å². The summed E-state index contributed by atoms with van der Waals surface area (Å²) in [4.78, 5) is 15.1. The molecule has 6 nitrogen and oxygen atoms in total. The fraction of sp³-hybridized carbons (Fsp3) is 0.409. The quantitative estimate of drug-likeness (QED) is 0.726. The summed E-state index contributed by atoms with van der Waals surface area (Å²) in [5.74, 6) is -0.158. The molecule has 0 aromatic heterocycles. The first-order valence-corrected chi connectivity index (χ1v) is 11.6. The van der Waals surface area contributed by atoms with E-state index in [0.29, 0.717) is 11.3 Å². The second-order valence-electron chi connectivity index (χ2n) is 7.53. The number of rotatable bonds is 7. The Morgan fingerprint density at radius 1 is 1.07 bits per heavy atom. The van der Waals surface area contributed by atoms with Crippen molar-refractivity contribution >= 4 is 21.6 Å². The number of nitrogens with one attached hydrogen (secondary N) is 2. The van der Waals surface area contributed by atoms with Gasteiger partial charge in [0.05, 0.1) is 10.6 Å². The minimum Gasteiger partial charge on any atom is -0.349 e. The molecular weight excluding hydrogens is 386 g/mol. The van der Waals surface area contributed by atoms with Crippen molar-refractivity contribution in [3.05, 3.63) is 59.7 Å². The molecule has 0 atom stereocenters. The average molecular weight is 416 g/mol. The second-order valence-corrected chi connectivity index (χ2v) is 9.22. The van der Waals surface area contributed by atoms with E-state index in [0.717, 1.165) is 44.5 Å². The molecule has 0 unspecified atom stereocenters. The zero-order valence-electron chi connectivity index (χ0n) is 17.0. The maximum atomic E-state index is 12.6. The van der Waals surface area contributed by atoms with E-state index >= 15 is 0 Å². The van der Waals surface area contributed by atoms with Gasteiger partial charge in [0.15, 0.2) is 0 Å². The predicted molar refractivity (Wildman–Crippen MR) is 116 cm³/mol. The molecule has 1 fully saturated rings. The number of piperidine rings is 1. The van der Waals surface area contributed by atoms with Crippen molar-refractivity contribution in [1.82, 2.24) is 10.2 Å². The van der Waals surface area contributed by atoms with Gasteiger partial charge in [-0.15, -0.1) is 0 Å². The first-order valence-electron chi connectivity index (χ1n) is 10.1. The third kappa shape index (κ3) is 5.58. The van der Waals surface area contributed by atoms with Crippen molar-refractivity contribution in [2.24, 2.45) is 0 Å². The Morgan fingerprint density at radius 2 is 1.72 bits per heavy atom. The van der Waals surface area contributed by atoms with E-state index in [2.05, 4.69) is 21.9 Å². The number of para-hydroxylation sites is 1. The van der Waals surface area contributed by atoms with Gasteiger partial charge in [-0.05, 0) is 68.6 Å². The minimum atomic E-state index is -3.70. The lowest BCUT2D eigenvalue weighted by molar-refractivity contribution is 0.0911. The third-order valence-corrected chi connectivity index (χ3v) is 6.66. The molecule has 0 aliphatic carbocycles. The molecule has 1 amide bonds. The van der Waals surface area contributed by atoms with Crippen LogP contribution in [0, 0.1) is 6.92 Å². The Bertz CT molecular complexity index is 934. The van der Waals surface area contributed by atoms with Crippen molar-refractivity contribution in [3.8, 4) is 0 Å². The average Bonchev–Trinajstić information content (AvgIpc) is 2.71. The minimum absolute atomic E-state index is 0.130. The molecule has 0 bridgehead atoms. The number of anilines is 1. The maximum absolute atomic E-state index is 12.6. The van der Waals surface area contributed by atoms with Crippen LogP contribution in [0.5, 0.6) is 0 Å². The van der Waals surface area contributed by atoms with Crippen molar-refractivity contribution in [3.63, 3.8) is 0 Å². The molecule has 7 heteroatoms. The zero-order valence-corrected chi connectivity index (χ0v) is 17.8. The van der Waals surface area contributed by atoms with Gasteiger partial charge in [0.25, 0.3) is 15.9 Å². The van der Waals surface area contributed by atoms with Crippen LogP contribution < -0.4 is 10.0 Å². The van der Waals surface area contributed by atoms with Crippen LogP contribution in [0.2, 0.25) is 0 Å². The highest BCUT2D eigenvalue weighted by Crippen LogP contribution is 2.20. The second kappa shape index (κ2) is 9.41. The number of hydrogen-bond acceptors (Lipinski definition) is 4. The van der Waals surface area contributed by atoms with Crippen molar-refractivity contribution in [1.29, 1.82) is 0 Å². The van der Waals surface area contributed by atoms with Gasteiger partial charge in [0.2, 0.25) is 0 Å². The van der Waals surface area contributed by atoms with Crippen LogP contribution in [0.25, 0.3) is 0 Å². The third-order valence-electron chi connectivity index (χ3n) is 5.28. The number of hydrogen-bond donors (Lipinski definition) is 2. The molecule has 0 saturated carbocycles. The number of carbonyl (C=O) groups excluding carboxylic acids is 1. The number of benzene rings is 2. The summed E-state index contributed by atoms with van der Waals surface area (Å²) in [5.41, 5.74) is 1.86. The lowest BCUT2D eigenvalue weighted by atomic mass is 10.0. The Hall–Kier alpha value is -2.38. The summed E-state index contributed by atoms with van der Waals surface area (Å²) in [6.45, 7) is 7.13. The molecule has 1 aliphatic rings. The number of amides is 1. The normalized spacial score (nSPS) is 15.8. The number of aryl methyl sites for hydroxylation is 1. The monoisotopic (exact) mass is 415 g/mol. The van der Waals surface area contributed by atoms with Crippen LogP contribution >= 0.6 is 0 Å². The highest BCUT2D eigenvalue weighted by Gasteiger charge is 2.21. The molecule has 1 aliphatic heterocycles. The van der Waals surface area contributed by atoms with Gasteiger partial charge in [0, 0.05) is 24.7 Å². The molecule has 156 valence electrons. The molecule has 29 heavy (non-hydrogen) atoms. The first kappa shape index (κ1) is 21.3. The number of sulfonamides is 1. The fourth-order valence-corrected chi connectivity index (χ4v) is 4.69. The van der Waals surface area contributed by atoms with Crippen molar-refractivity contribution in [2.75, 3.05) is 24.4 Å². The number of nitrogens with zero attached hydrogens (tertiary/aromatic N) is 1. The molecule has 1 heterocycles. The Morgan fingerprint density at radius 3 is 2.34 bits per heavy atom. The first-order chi connectivity index (χ1) is 13.9. The van der Waals surface area contributed by atoms with Crippen LogP contribution in [-0.4, -0.2) is 44.9 Å². The predicted octanol–water partition coefficient (Wildman–Crippen LogP) is 3.40. The van der Waals surface area contributed by atoms with Crippen molar-refractivity contribution < 1.29 is 13.2 Å². The summed E-state index contributed by atoms with van der Waals surface area (Å²) < 4.78 is 27.8. The van der Waals surface area contributed by atoms with E-state index in [-0.39, 0.29) is 16.8 Å². The van der Waals surface area contributed by atoms with E-state index in [1.807, 2.05) is 19.1 Å². The van der Waals surface area contributed by atoms with Crippen LogP contribution in [-0.2, 0) is 10.0 Å². The van der Waals surface area contributed by atoms with Gasteiger partial charge in [-0.25, -0.2) is 8.42 Å². The van der Waals surface area contributed by atoms with E-state index < -0.39 is 10.0 Å². The number of likely N-dealkylation sites (tertiary alicyclic amines) is 1. The van der Waals surface area contributed by atoms with E-state index in [1.165, 1.54) is 12.1 Å². The number of carbonyl (C=O) groups is 1. The summed E-state index contributed by atoms with van der Waals surface area (Å²) in [6, 6.07) is 13.4. The smallest absolute Gasteiger partial charge is 0.261 e. The molecule has 2 N–H and O–H groups in total. The SMILES string of the molecule is CCCN1CCC(NC(=O)c2ccc(S(=O)(=O)Nc3ccccc3C)cc2)CC1. The van der Waals surface area contributed by atoms with Gasteiger partial charge < -0.3 is 10.2 Å². The Balaban J connectivity index is 1.61. The highest BCUT2D eigenvalue weighted by atomic mass is 32.2. The van der Waals surface area contributed by atoms with Gasteiger partial charge >= 0.3 is 0 Å². The van der Waals surface area contributed by atoms with E-state index in [4.69, 9.17) is 0 Å². The zero-order chi connectivity index (χ0) is 20.9. The lowest BCUT2D eigenvalue weighted by Crippen LogP contribution is -2.44. The maximum Gasteiger partial charge on any atom is 0.261 e. The highest BCUT2D eigenvalue weighted by molar-refractivity contribution is 7.92. The van der Waals surface area contributed by atoms with Gasteiger partial charge in [0.1, 0.15) is 0 Å². The van der Waals surface area contributed by atoms with Crippen LogP contribution in [0.15, 0.2) is 53.4 Å². The van der Waals surface area contributed by atoms with Gasteiger partial charge in [-0.2, -0.15) is 0 Å². The topological polar surface area (TPSA) is 78.5 Å².